The molecule has 7 heteroatoms. The summed E-state index contributed by atoms with van der Waals surface area (Å²) in [6, 6.07) is -1.08. The average Bonchev–Trinajstić information content (AvgIpc) is 2.65. The van der Waals surface area contributed by atoms with Gasteiger partial charge in [0.25, 0.3) is 0 Å². The molecule has 0 saturated carbocycles. The minimum atomic E-state index is -0.541. The van der Waals surface area contributed by atoms with Crippen LogP contribution in [0.25, 0.3) is 0 Å². The van der Waals surface area contributed by atoms with Crippen LogP contribution >= 0.6 is 0 Å². The third kappa shape index (κ3) is 5.11. The third-order valence-corrected chi connectivity index (χ3v) is 4.91. The molecule has 0 radical (unpaired) electrons. The van der Waals surface area contributed by atoms with Crippen LogP contribution in [0.1, 0.15) is 59.3 Å². The number of amides is 2. The Morgan fingerprint density at radius 2 is 1.54 bits per heavy atom. The Morgan fingerprint density at radius 3 is 2.15 bits per heavy atom. The topological polar surface area (TPSA) is 76.2 Å². The van der Waals surface area contributed by atoms with E-state index in [1.807, 2.05) is 13.8 Å². The fourth-order valence-electron chi connectivity index (χ4n) is 3.59. The molecule has 2 heterocycles. The van der Waals surface area contributed by atoms with E-state index in [-0.39, 0.29) is 24.4 Å². The molecule has 7 nitrogen and oxygen atoms in total. The number of hydrogen-bond donors (Lipinski definition) is 0. The molecular formula is C19H32N2O5. The zero-order valence-corrected chi connectivity index (χ0v) is 16.2. The van der Waals surface area contributed by atoms with Gasteiger partial charge >= 0.3 is 12.1 Å². The van der Waals surface area contributed by atoms with Crippen molar-refractivity contribution < 1.29 is 23.9 Å². The zero-order chi connectivity index (χ0) is 19.1. The maximum atomic E-state index is 13.2. The van der Waals surface area contributed by atoms with Crippen molar-refractivity contribution in [1.82, 2.24) is 9.80 Å². The highest BCUT2D eigenvalue weighted by Gasteiger charge is 2.40. The molecule has 0 aromatic rings. The average molecular weight is 368 g/mol. The lowest BCUT2D eigenvalue weighted by Crippen LogP contribution is -2.58. The van der Waals surface area contributed by atoms with Crippen molar-refractivity contribution in [2.75, 3.05) is 26.3 Å². The molecule has 2 atom stereocenters. The molecule has 148 valence electrons. The zero-order valence-electron chi connectivity index (χ0n) is 16.2. The molecule has 0 N–H and O–H groups in total. The minimum absolute atomic E-state index is 0.149. The number of ether oxygens (including phenoxy) is 2. The van der Waals surface area contributed by atoms with E-state index in [2.05, 4.69) is 0 Å². The predicted molar refractivity (Wildman–Crippen MR) is 96.5 cm³/mol. The van der Waals surface area contributed by atoms with Gasteiger partial charge in [0.05, 0.1) is 13.2 Å². The Labute approximate surface area is 156 Å². The van der Waals surface area contributed by atoms with E-state index in [0.717, 1.165) is 25.7 Å². The van der Waals surface area contributed by atoms with Crippen LogP contribution in [0.2, 0.25) is 0 Å². The molecule has 2 saturated heterocycles. The quantitative estimate of drug-likeness (QED) is 0.697. The Bertz CT molecular complexity index is 508. The molecule has 0 spiro atoms. The monoisotopic (exact) mass is 368 g/mol. The molecule has 0 aromatic heterocycles. The van der Waals surface area contributed by atoms with Gasteiger partial charge in [-0.05, 0) is 51.4 Å². The second-order valence-corrected chi connectivity index (χ2v) is 7.47. The van der Waals surface area contributed by atoms with Crippen molar-refractivity contribution in [3.8, 4) is 0 Å². The summed E-state index contributed by atoms with van der Waals surface area (Å²) in [5.41, 5.74) is 0. The third-order valence-electron chi connectivity index (χ3n) is 4.91. The number of piperidine rings is 2. The smallest absolute Gasteiger partial charge is 0.410 e. The summed E-state index contributed by atoms with van der Waals surface area (Å²) in [6.07, 6.45) is 4.31. The molecule has 0 aromatic carbocycles. The number of hydrogen-bond acceptors (Lipinski definition) is 5. The van der Waals surface area contributed by atoms with Crippen molar-refractivity contribution in [2.24, 2.45) is 5.92 Å². The van der Waals surface area contributed by atoms with E-state index in [1.54, 1.807) is 11.8 Å². The molecule has 26 heavy (non-hydrogen) atoms. The highest BCUT2D eigenvalue weighted by Crippen LogP contribution is 2.25. The van der Waals surface area contributed by atoms with Gasteiger partial charge in [-0.1, -0.05) is 13.8 Å². The molecule has 2 unspecified atom stereocenters. The first-order valence-electron chi connectivity index (χ1n) is 9.86. The van der Waals surface area contributed by atoms with E-state index in [0.29, 0.717) is 32.5 Å². The lowest BCUT2D eigenvalue weighted by atomic mass is 9.97. The fraction of sp³-hybridized carbons (Fsp3) is 0.842. The second kappa shape index (κ2) is 9.78. The molecule has 2 amide bonds. The lowest BCUT2D eigenvalue weighted by molar-refractivity contribution is -0.159. The Morgan fingerprint density at radius 1 is 0.923 bits per heavy atom. The van der Waals surface area contributed by atoms with Crippen LogP contribution in [0.4, 0.5) is 4.79 Å². The highest BCUT2D eigenvalue weighted by molar-refractivity contribution is 5.90. The molecule has 2 aliphatic rings. The van der Waals surface area contributed by atoms with Crippen LogP contribution < -0.4 is 0 Å². The van der Waals surface area contributed by atoms with E-state index in [1.165, 1.54) is 4.90 Å². The fourth-order valence-corrected chi connectivity index (χ4v) is 3.59. The Balaban J connectivity index is 2.10. The number of carbonyl (C=O) groups excluding carboxylic acids is 3. The van der Waals surface area contributed by atoms with Crippen LogP contribution in [-0.2, 0) is 19.1 Å². The van der Waals surface area contributed by atoms with Gasteiger partial charge in [0.1, 0.15) is 12.1 Å². The van der Waals surface area contributed by atoms with Gasteiger partial charge in [-0.3, -0.25) is 9.69 Å². The number of rotatable bonds is 5. The van der Waals surface area contributed by atoms with Gasteiger partial charge in [-0.15, -0.1) is 0 Å². The van der Waals surface area contributed by atoms with Crippen molar-refractivity contribution in [3.05, 3.63) is 0 Å². The van der Waals surface area contributed by atoms with E-state index >= 15 is 0 Å². The molecule has 2 fully saturated rings. The van der Waals surface area contributed by atoms with Gasteiger partial charge in [0, 0.05) is 13.1 Å². The first kappa shape index (κ1) is 20.5. The maximum absolute atomic E-state index is 13.2. The van der Waals surface area contributed by atoms with Gasteiger partial charge < -0.3 is 14.4 Å². The van der Waals surface area contributed by atoms with Gasteiger partial charge in [-0.2, -0.15) is 0 Å². The molecule has 0 aliphatic carbocycles. The summed E-state index contributed by atoms with van der Waals surface area (Å²) in [7, 11) is 0. The van der Waals surface area contributed by atoms with Crippen LogP contribution in [0.5, 0.6) is 0 Å². The van der Waals surface area contributed by atoms with Crippen molar-refractivity contribution in [2.45, 2.75) is 71.4 Å². The summed E-state index contributed by atoms with van der Waals surface area (Å²) < 4.78 is 10.5. The van der Waals surface area contributed by atoms with Gasteiger partial charge in [-0.25, -0.2) is 9.59 Å². The summed E-state index contributed by atoms with van der Waals surface area (Å²) in [5, 5.41) is 0. The van der Waals surface area contributed by atoms with Gasteiger partial charge in [0.2, 0.25) is 5.91 Å². The summed E-state index contributed by atoms with van der Waals surface area (Å²) in [4.78, 5) is 41.1. The number of likely N-dealkylation sites (tertiary alicyclic amines) is 2. The second-order valence-electron chi connectivity index (χ2n) is 7.47. The van der Waals surface area contributed by atoms with Crippen LogP contribution in [-0.4, -0.2) is 66.2 Å². The maximum Gasteiger partial charge on any atom is 0.410 e. The predicted octanol–water partition coefficient (Wildman–Crippen LogP) is 2.58. The van der Waals surface area contributed by atoms with Crippen molar-refractivity contribution in [3.63, 3.8) is 0 Å². The first-order valence-corrected chi connectivity index (χ1v) is 9.86. The summed E-state index contributed by atoms with van der Waals surface area (Å²) in [5.74, 6) is -0.224. The lowest BCUT2D eigenvalue weighted by Gasteiger charge is -2.40. The Kier molecular flexibility index (Phi) is 7.72. The number of esters is 1. The van der Waals surface area contributed by atoms with E-state index in [4.69, 9.17) is 9.47 Å². The normalized spacial score (nSPS) is 23.7. The van der Waals surface area contributed by atoms with Gasteiger partial charge in [0.15, 0.2) is 0 Å². The molecule has 0 bridgehead atoms. The first-order chi connectivity index (χ1) is 12.5. The van der Waals surface area contributed by atoms with E-state index < -0.39 is 18.2 Å². The highest BCUT2D eigenvalue weighted by atomic mass is 16.6. The summed E-state index contributed by atoms with van der Waals surface area (Å²) >= 11 is 0. The standard InChI is InChI=1S/C19H32N2O5/c1-4-25-19(24)21-12-8-5-9-15(21)17(22)20-11-7-6-10-16(20)18(23)26-13-14(2)3/h14-16H,4-13H2,1-3H3. The Hall–Kier alpha value is -1.79. The SMILES string of the molecule is CCOC(=O)N1CCCCC1C(=O)N1CCCCC1C(=O)OCC(C)C. The van der Waals surface area contributed by atoms with Crippen LogP contribution in [0.15, 0.2) is 0 Å². The number of nitrogens with zero attached hydrogens (tertiary/aromatic N) is 2. The number of carbonyl (C=O) groups is 3. The summed E-state index contributed by atoms with van der Waals surface area (Å²) in [6.45, 7) is 7.41. The van der Waals surface area contributed by atoms with Crippen LogP contribution in [0.3, 0.4) is 0 Å². The molecule has 2 rings (SSSR count). The largest absolute Gasteiger partial charge is 0.464 e. The molecular weight excluding hydrogens is 336 g/mol. The van der Waals surface area contributed by atoms with Crippen molar-refractivity contribution >= 4 is 18.0 Å². The molecule has 2 aliphatic heterocycles. The minimum Gasteiger partial charge on any atom is -0.464 e. The van der Waals surface area contributed by atoms with Crippen LogP contribution in [0, 0.1) is 5.92 Å². The van der Waals surface area contributed by atoms with E-state index in [9.17, 15) is 14.4 Å². The van der Waals surface area contributed by atoms with Crippen molar-refractivity contribution in [1.29, 1.82) is 0 Å².